The number of hydrogen-bond donors (Lipinski definition) is 1. The van der Waals surface area contributed by atoms with Gasteiger partial charge in [-0.3, -0.25) is 0 Å². The van der Waals surface area contributed by atoms with E-state index in [2.05, 4.69) is 0 Å². The monoisotopic (exact) mass is 234 g/mol. The Morgan fingerprint density at radius 1 is 1.25 bits per heavy atom. The van der Waals surface area contributed by atoms with Crippen LogP contribution in [-0.4, -0.2) is 18.4 Å². The van der Waals surface area contributed by atoms with Crippen LogP contribution in [0.1, 0.15) is 18.1 Å². The predicted octanol–water partition coefficient (Wildman–Crippen LogP) is 2.77. The fraction of sp³-hybridized carbons (Fsp3) is 0.455. The predicted molar refractivity (Wildman–Crippen MR) is 53.4 cm³/mol. The summed E-state index contributed by atoms with van der Waals surface area (Å²) in [6.45, 7) is 2.35. The molecular weight excluding hydrogens is 221 g/mol. The second kappa shape index (κ2) is 3.97. The Morgan fingerprint density at radius 3 is 2.19 bits per heavy atom. The molecule has 16 heavy (non-hydrogen) atoms. The number of aliphatic hydroxyl groups is 1. The molecule has 0 bridgehead atoms. The van der Waals surface area contributed by atoms with Gasteiger partial charge < -0.3 is 9.84 Å². The van der Waals surface area contributed by atoms with Crippen LogP contribution in [0.2, 0.25) is 0 Å². The SMILES string of the molecule is COc1ccc(C(C)(O)C(F)(F)F)cc1C. The molecule has 1 atom stereocenters. The first-order valence-corrected chi connectivity index (χ1v) is 4.64. The van der Waals surface area contributed by atoms with Crippen LogP contribution in [0.15, 0.2) is 18.2 Å². The van der Waals surface area contributed by atoms with E-state index < -0.39 is 11.8 Å². The van der Waals surface area contributed by atoms with Crippen LogP contribution in [0.5, 0.6) is 5.75 Å². The van der Waals surface area contributed by atoms with Crippen LogP contribution in [-0.2, 0) is 5.60 Å². The van der Waals surface area contributed by atoms with Crippen molar-refractivity contribution in [2.45, 2.75) is 25.6 Å². The van der Waals surface area contributed by atoms with Crippen molar-refractivity contribution >= 4 is 0 Å². The maximum absolute atomic E-state index is 12.6. The minimum atomic E-state index is -4.70. The molecule has 0 saturated heterocycles. The molecule has 0 fully saturated rings. The molecule has 0 radical (unpaired) electrons. The first-order chi connectivity index (χ1) is 7.20. The van der Waals surface area contributed by atoms with Crippen molar-refractivity contribution in [2.24, 2.45) is 0 Å². The van der Waals surface area contributed by atoms with E-state index in [0.717, 1.165) is 6.92 Å². The molecule has 0 amide bonds. The highest BCUT2D eigenvalue weighted by molar-refractivity contribution is 5.38. The van der Waals surface area contributed by atoms with Gasteiger partial charge in [0.1, 0.15) is 5.75 Å². The van der Waals surface area contributed by atoms with Gasteiger partial charge in [0, 0.05) is 0 Å². The van der Waals surface area contributed by atoms with Crippen LogP contribution in [0.25, 0.3) is 0 Å². The van der Waals surface area contributed by atoms with Gasteiger partial charge in [-0.05, 0) is 37.1 Å². The number of ether oxygens (including phenoxy) is 1. The molecule has 90 valence electrons. The third-order valence-electron chi connectivity index (χ3n) is 2.51. The molecule has 0 spiro atoms. The summed E-state index contributed by atoms with van der Waals surface area (Å²) in [6.07, 6.45) is -4.70. The molecule has 0 saturated carbocycles. The lowest BCUT2D eigenvalue weighted by Gasteiger charge is -2.27. The van der Waals surface area contributed by atoms with Gasteiger partial charge in [0.05, 0.1) is 7.11 Å². The van der Waals surface area contributed by atoms with Gasteiger partial charge in [-0.15, -0.1) is 0 Å². The van der Waals surface area contributed by atoms with Crippen LogP contribution in [0.4, 0.5) is 13.2 Å². The van der Waals surface area contributed by atoms with Crippen molar-refractivity contribution < 1.29 is 23.0 Å². The zero-order valence-electron chi connectivity index (χ0n) is 9.22. The summed E-state index contributed by atoms with van der Waals surface area (Å²) in [7, 11) is 1.43. The number of benzene rings is 1. The van der Waals surface area contributed by atoms with Gasteiger partial charge in [0.2, 0.25) is 0 Å². The van der Waals surface area contributed by atoms with Crippen molar-refractivity contribution in [3.05, 3.63) is 29.3 Å². The van der Waals surface area contributed by atoms with Gasteiger partial charge in [-0.25, -0.2) is 0 Å². The fourth-order valence-electron chi connectivity index (χ4n) is 1.34. The van der Waals surface area contributed by atoms with Crippen molar-refractivity contribution in [1.82, 2.24) is 0 Å². The standard InChI is InChI=1S/C11H13F3O2/c1-7-6-8(4-5-9(7)16-3)10(2,15)11(12,13)14/h4-6,15H,1-3H3. The van der Waals surface area contributed by atoms with Crippen LogP contribution < -0.4 is 4.74 Å². The summed E-state index contributed by atoms with van der Waals surface area (Å²) in [5.74, 6) is 0.488. The molecule has 1 aromatic carbocycles. The molecule has 0 aliphatic rings. The van der Waals surface area contributed by atoms with Crippen LogP contribution in [0.3, 0.4) is 0 Å². The van der Waals surface area contributed by atoms with E-state index in [0.29, 0.717) is 11.3 Å². The number of hydrogen-bond acceptors (Lipinski definition) is 2. The van der Waals surface area contributed by atoms with Crippen molar-refractivity contribution in [3.8, 4) is 5.75 Å². The zero-order valence-corrected chi connectivity index (χ0v) is 9.22. The maximum Gasteiger partial charge on any atom is 0.421 e. The Morgan fingerprint density at radius 2 is 1.81 bits per heavy atom. The zero-order chi connectivity index (χ0) is 12.6. The maximum atomic E-state index is 12.6. The summed E-state index contributed by atoms with van der Waals surface area (Å²) in [5.41, 5.74) is -2.49. The summed E-state index contributed by atoms with van der Waals surface area (Å²) in [6, 6.07) is 3.89. The van der Waals surface area contributed by atoms with Gasteiger partial charge in [0.15, 0.2) is 5.60 Å². The molecule has 1 aromatic rings. The first kappa shape index (κ1) is 12.8. The molecule has 1 N–H and O–H groups in total. The molecule has 2 nitrogen and oxygen atoms in total. The molecule has 1 unspecified atom stereocenters. The van der Waals surface area contributed by atoms with E-state index in [-0.39, 0.29) is 5.56 Å². The lowest BCUT2D eigenvalue weighted by Crippen LogP contribution is -2.39. The van der Waals surface area contributed by atoms with E-state index in [1.165, 1.54) is 25.3 Å². The van der Waals surface area contributed by atoms with Crippen LogP contribution in [0, 0.1) is 6.92 Å². The summed E-state index contributed by atoms with van der Waals surface area (Å²) in [5, 5.41) is 9.44. The lowest BCUT2D eigenvalue weighted by atomic mass is 9.94. The second-order valence-electron chi connectivity index (χ2n) is 3.75. The Bertz CT molecular complexity index is 383. The third kappa shape index (κ3) is 2.14. The van der Waals surface area contributed by atoms with Gasteiger partial charge >= 0.3 is 6.18 Å². The number of rotatable bonds is 2. The van der Waals surface area contributed by atoms with Gasteiger partial charge in [-0.1, -0.05) is 6.07 Å². The van der Waals surface area contributed by atoms with E-state index >= 15 is 0 Å². The van der Waals surface area contributed by atoms with Crippen molar-refractivity contribution in [1.29, 1.82) is 0 Å². The average molecular weight is 234 g/mol. The topological polar surface area (TPSA) is 29.5 Å². The molecule has 5 heteroatoms. The van der Waals surface area contributed by atoms with Gasteiger partial charge in [0.25, 0.3) is 0 Å². The van der Waals surface area contributed by atoms with Gasteiger partial charge in [-0.2, -0.15) is 13.2 Å². The summed E-state index contributed by atoms with van der Waals surface area (Å²) < 4.78 is 42.6. The highest BCUT2D eigenvalue weighted by Crippen LogP contribution is 2.39. The first-order valence-electron chi connectivity index (χ1n) is 4.64. The molecule has 1 rings (SSSR count). The Hall–Kier alpha value is -1.23. The normalized spacial score (nSPS) is 15.7. The summed E-state index contributed by atoms with van der Waals surface area (Å²) in [4.78, 5) is 0. The minimum Gasteiger partial charge on any atom is -0.496 e. The Kier molecular flexibility index (Phi) is 3.19. The van der Waals surface area contributed by atoms with Crippen molar-refractivity contribution in [2.75, 3.05) is 7.11 Å². The molecule has 0 aliphatic heterocycles. The Balaban J connectivity index is 3.20. The highest BCUT2D eigenvalue weighted by atomic mass is 19.4. The number of methoxy groups -OCH3 is 1. The highest BCUT2D eigenvalue weighted by Gasteiger charge is 2.51. The molecule has 0 heterocycles. The minimum absolute atomic E-state index is 0.196. The van der Waals surface area contributed by atoms with Crippen LogP contribution >= 0.6 is 0 Å². The number of halogens is 3. The quantitative estimate of drug-likeness (QED) is 0.852. The van der Waals surface area contributed by atoms with E-state index in [9.17, 15) is 18.3 Å². The second-order valence-corrected chi connectivity index (χ2v) is 3.75. The third-order valence-corrected chi connectivity index (χ3v) is 2.51. The smallest absolute Gasteiger partial charge is 0.421 e. The number of alkyl halides is 3. The molecule has 0 aromatic heterocycles. The summed E-state index contributed by atoms with van der Waals surface area (Å²) >= 11 is 0. The molecule has 0 aliphatic carbocycles. The molecular formula is C11H13F3O2. The Labute approximate surface area is 91.7 Å². The fourth-order valence-corrected chi connectivity index (χ4v) is 1.34. The average Bonchev–Trinajstić information content (AvgIpc) is 2.15. The van der Waals surface area contributed by atoms with E-state index in [4.69, 9.17) is 4.74 Å². The number of aryl methyl sites for hydroxylation is 1. The largest absolute Gasteiger partial charge is 0.496 e. The lowest BCUT2D eigenvalue weighted by molar-refractivity contribution is -0.258. The van der Waals surface area contributed by atoms with E-state index in [1.807, 2.05) is 0 Å². The van der Waals surface area contributed by atoms with Crippen molar-refractivity contribution in [3.63, 3.8) is 0 Å². The van der Waals surface area contributed by atoms with E-state index in [1.54, 1.807) is 6.92 Å².